The Bertz CT molecular complexity index is 475. The van der Waals surface area contributed by atoms with Crippen molar-refractivity contribution in [1.29, 1.82) is 0 Å². The fraction of sp³-hybridized carbons (Fsp3) is 0.750. The van der Waals surface area contributed by atoms with Gasteiger partial charge in [-0.25, -0.2) is 0 Å². The Hall–Kier alpha value is -1.09. The summed E-state index contributed by atoms with van der Waals surface area (Å²) in [5, 5.41) is 0. The number of hydrogen-bond donors (Lipinski definition) is 0. The zero-order chi connectivity index (χ0) is 19.3. The van der Waals surface area contributed by atoms with E-state index in [-0.39, 0.29) is 0 Å². The van der Waals surface area contributed by atoms with Crippen molar-refractivity contribution in [3.05, 3.63) is 0 Å². The van der Waals surface area contributed by atoms with Gasteiger partial charge in [-0.05, 0) is 36.2 Å². The van der Waals surface area contributed by atoms with Crippen LogP contribution in [0.15, 0.2) is 0 Å². The largest absolute Gasteiger partial charge is 0.291 e. The van der Waals surface area contributed by atoms with Crippen molar-refractivity contribution in [2.75, 3.05) is 0 Å². The van der Waals surface area contributed by atoms with Crippen molar-refractivity contribution in [3.8, 4) is 34.7 Å². The summed E-state index contributed by atoms with van der Waals surface area (Å²) < 4.78 is 13.0. The molecule has 0 aliphatic heterocycles. The zero-order valence-electron chi connectivity index (χ0n) is 17.5. The molecule has 0 radical (unpaired) electrons. The van der Waals surface area contributed by atoms with Crippen LogP contribution >= 0.6 is 7.14 Å². The Morgan fingerprint density at radius 2 is 0.808 bits per heavy atom. The molecule has 26 heavy (non-hydrogen) atoms. The van der Waals surface area contributed by atoms with Crippen LogP contribution < -0.4 is 0 Å². The molecular weight excluding hydrogens is 335 g/mol. The van der Waals surface area contributed by atoms with E-state index < -0.39 is 7.14 Å². The highest BCUT2D eigenvalue weighted by Gasteiger charge is 2.10. The zero-order valence-corrected chi connectivity index (χ0v) is 18.4. The van der Waals surface area contributed by atoms with Crippen LogP contribution in [0.4, 0.5) is 0 Å². The van der Waals surface area contributed by atoms with Gasteiger partial charge in [-0.3, -0.25) is 4.57 Å². The Morgan fingerprint density at radius 1 is 0.500 bits per heavy atom. The molecule has 0 fully saturated rings. The lowest BCUT2D eigenvalue weighted by Gasteiger charge is -1.96. The third-order valence-electron chi connectivity index (χ3n) is 4.18. The molecule has 0 aliphatic carbocycles. The summed E-state index contributed by atoms with van der Waals surface area (Å²) in [6.45, 7) is 6.60. The van der Waals surface area contributed by atoms with E-state index in [1.165, 1.54) is 57.8 Å². The van der Waals surface area contributed by atoms with Gasteiger partial charge in [0.15, 0.2) is 0 Å². The Kier molecular flexibility index (Phi) is 17.9. The molecule has 0 N–H and O–H groups in total. The third-order valence-corrected chi connectivity index (χ3v) is 5.59. The predicted octanol–water partition coefficient (Wildman–Crippen LogP) is 8.14. The van der Waals surface area contributed by atoms with E-state index in [2.05, 4.69) is 55.5 Å². The van der Waals surface area contributed by atoms with Crippen LogP contribution in [0, 0.1) is 34.7 Å². The number of rotatable bonds is 12. The molecule has 0 heterocycles. The van der Waals surface area contributed by atoms with Crippen LogP contribution in [0.1, 0.15) is 117 Å². The molecule has 0 amide bonds. The normalized spacial score (nSPS) is 10.1. The lowest BCUT2D eigenvalue weighted by molar-refractivity contribution is 0.594. The van der Waals surface area contributed by atoms with Gasteiger partial charge in [0, 0.05) is 19.3 Å². The lowest BCUT2D eigenvalue weighted by atomic mass is 10.2. The highest BCUT2D eigenvalue weighted by Crippen LogP contribution is 2.41. The summed E-state index contributed by atoms with van der Waals surface area (Å²) in [7, 11) is -2.97. The maximum atomic E-state index is 13.0. The van der Waals surface area contributed by atoms with Crippen LogP contribution in [-0.2, 0) is 4.57 Å². The quantitative estimate of drug-likeness (QED) is 0.191. The smallest absolute Gasteiger partial charge is 0.282 e. The van der Waals surface area contributed by atoms with Crippen molar-refractivity contribution in [2.24, 2.45) is 0 Å². The molecule has 0 unspecified atom stereocenters. The highest BCUT2D eigenvalue weighted by molar-refractivity contribution is 7.78. The summed E-state index contributed by atoms with van der Waals surface area (Å²) in [5.41, 5.74) is 8.81. The predicted molar refractivity (Wildman–Crippen MR) is 117 cm³/mol. The fourth-order valence-corrected chi connectivity index (χ4v) is 3.68. The first kappa shape index (κ1) is 24.9. The van der Waals surface area contributed by atoms with E-state index in [4.69, 9.17) is 0 Å². The van der Waals surface area contributed by atoms with Gasteiger partial charge in [0.1, 0.15) is 0 Å². The lowest BCUT2D eigenvalue weighted by Crippen LogP contribution is -1.77. The van der Waals surface area contributed by atoms with E-state index in [1.54, 1.807) is 0 Å². The third kappa shape index (κ3) is 16.4. The molecule has 0 rings (SSSR count). The Morgan fingerprint density at radius 3 is 1.08 bits per heavy atom. The van der Waals surface area contributed by atoms with Crippen LogP contribution in [0.2, 0.25) is 0 Å². The molecule has 0 aromatic rings. The van der Waals surface area contributed by atoms with Crippen molar-refractivity contribution >= 4 is 7.14 Å². The Labute approximate surface area is 163 Å². The second-order valence-corrected chi connectivity index (χ2v) is 8.80. The number of unbranched alkanes of at least 4 members (excludes halogenated alkanes) is 12. The van der Waals surface area contributed by atoms with Crippen LogP contribution in [-0.4, -0.2) is 0 Å². The first-order valence-corrected chi connectivity index (χ1v) is 12.5. The minimum absolute atomic E-state index is 0.806. The first-order chi connectivity index (χ1) is 12.7. The molecule has 1 nitrogen and oxygen atoms in total. The minimum atomic E-state index is -2.97. The number of hydrogen-bond acceptors (Lipinski definition) is 1. The van der Waals surface area contributed by atoms with Gasteiger partial charge in [0.05, 0.1) is 0 Å². The highest BCUT2D eigenvalue weighted by atomic mass is 31.2. The molecule has 0 spiro atoms. The summed E-state index contributed by atoms with van der Waals surface area (Å²) in [6.07, 6.45) is 16.6. The van der Waals surface area contributed by atoms with Crippen molar-refractivity contribution in [1.82, 2.24) is 0 Å². The summed E-state index contributed by atoms with van der Waals surface area (Å²) in [4.78, 5) is 0. The SMILES string of the molecule is CCCCCCC#CP(=O)(C#CCCCCCC)C#CCCCCCC. The topological polar surface area (TPSA) is 17.1 Å². The molecule has 0 saturated heterocycles. The van der Waals surface area contributed by atoms with Crippen molar-refractivity contribution in [3.63, 3.8) is 0 Å². The van der Waals surface area contributed by atoms with E-state index in [9.17, 15) is 4.57 Å². The van der Waals surface area contributed by atoms with Gasteiger partial charge in [-0.1, -0.05) is 96.3 Å². The Balaban J connectivity index is 4.65. The fourth-order valence-electron chi connectivity index (χ4n) is 2.51. The van der Waals surface area contributed by atoms with Crippen LogP contribution in [0.5, 0.6) is 0 Å². The summed E-state index contributed by atoms with van der Waals surface area (Å²) in [5.74, 6) is 9.27. The maximum absolute atomic E-state index is 13.0. The molecule has 0 bridgehead atoms. The maximum Gasteiger partial charge on any atom is 0.291 e. The molecule has 0 aromatic carbocycles. The molecule has 2 heteroatoms. The van der Waals surface area contributed by atoms with Gasteiger partial charge in [-0.15, -0.1) is 0 Å². The second-order valence-electron chi connectivity index (χ2n) is 6.91. The van der Waals surface area contributed by atoms with Gasteiger partial charge in [0.2, 0.25) is 0 Å². The second kappa shape index (κ2) is 18.7. The summed E-state index contributed by atoms with van der Waals surface area (Å²) in [6, 6.07) is 0. The summed E-state index contributed by atoms with van der Waals surface area (Å²) >= 11 is 0. The first-order valence-electron chi connectivity index (χ1n) is 10.8. The van der Waals surface area contributed by atoms with Crippen molar-refractivity contribution < 1.29 is 4.57 Å². The molecular formula is C24H39OP. The van der Waals surface area contributed by atoms with E-state index in [0.29, 0.717) is 0 Å². The average Bonchev–Trinajstić information content (AvgIpc) is 2.64. The standard InChI is InChI=1S/C24H39OP/c1-4-7-10-13-16-19-22-26(25,23-20-17-14-11-8-5-2)24-21-18-15-12-9-6-3/h4-18H2,1-3H3. The molecule has 0 aliphatic rings. The van der Waals surface area contributed by atoms with Crippen LogP contribution in [0.25, 0.3) is 0 Å². The van der Waals surface area contributed by atoms with Crippen LogP contribution in [0.3, 0.4) is 0 Å². The van der Waals surface area contributed by atoms with E-state index in [0.717, 1.165) is 38.5 Å². The van der Waals surface area contributed by atoms with Gasteiger partial charge in [0.25, 0.3) is 7.14 Å². The minimum Gasteiger partial charge on any atom is -0.282 e. The van der Waals surface area contributed by atoms with Gasteiger partial charge in [-0.2, -0.15) is 0 Å². The molecule has 146 valence electrons. The molecule has 0 atom stereocenters. The van der Waals surface area contributed by atoms with E-state index >= 15 is 0 Å². The molecule has 0 saturated carbocycles. The average molecular weight is 375 g/mol. The molecule has 0 aromatic heterocycles. The van der Waals surface area contributed by atoms with Crippen molar-refractivity contribution in [2.45, 2.75) is 117 Å². The van der Waals surface area contributed by atoms with Gasteiger partial charge < -0.3 is 0 Å². The van der Waals surface area contributed by atoms with E-state index in [1.807, 2.05) is 0 Å². The monoisotopic (exact) mass is 374 g/mol. The van der Waals surface area contributed by atoms with Gasteiger partial charge >= 0.3 is 0 Å².